The van der Waals surface area contributed by atoms with Gasteiger partial charge in [0.15, 0.2) is 0 Å². The lowest BCUT2D eigenvalue weighted by atomic mass is 9.94. The molecule has 0 spiro atoms. The third-order valence-corrected chi connectivity index (χ3v) is 4.12. The summed E-state index contributed by atoms with van der Waals surface area (Å²) < 4.78 is 0. The lowest BCUT2D eigenvalue weighted by molar-refractivity contribution is -0.393. The third kappa shape index (κ3) is 3.83. The van der Waals surface area contributed by atoms with Crippen LogP contribution in [0, 0.1) is 41.0 Å². The van der Waals surface area contributed by atoms with Crippen LogP contribution >= 0.6 is 0 Å². The summed E-state index contributed by atoms with van der Waals surface area (Å²) in [6.07, 6.45) is 1.51. The highest BCUT2D eigenvalue weighted by Gasteiger charge is 2.19. The van der Waals surface area contributed by atoms with E-state index >= 15 is 0 Å². The van der Waals surface area contributed by atoms with Crippen molar-refractivity contribution < 1.29 is 15.0 Å². The van der Waals surface area contributed by atoms with Crippen LogP contribution in [0.15, 0.2) is 29.4 Å². The first-order chi connectivity index (χ1) is 12.3. The van der Waals surface area contributed by atoms with Crippen molar-refractivity contribution in [1.82, 2.24) is 0 Å². The highest BCUT2D eigenvalue weighted by atomic mass is 16.6. The molecular formula is C17H18N4O5. The number of nitro benzene ring substituents is 2. The van der Waals surface area contributed by atoms with Crippen LogP contribution in [0.1, 0.15) is 27.8 Å². The van der Waals surface area contributed by atoms with E-state index in [0.717, 1.165) is 39.9 Å². The molecule has 0 aromatic heterocycles. The number of aryl methyl sites for hydroxylation is 2. The zero-order valence-corrected chi connectivity index (χ0v) is 14.5. The monoisotopic (exact) mass is 358 g/mol. The Balaban J connectivity index is 2.35. The fraction of sp³-hybridized carbons (Fsp3) is 0.235. The number of hydrogen-bond donors (Lipinski definition) is 2. The average Bonchev–Trinajstić information content (AvgIpc) is 2.57. The van der Waals surface area contributed by atoms with Crippen molar-refractivity contribution in [3.05, 3.63) is 72.3 Å². The predicted molar refractivity (Wildman–Crippen MR) is 97.5 cm³/mol. The van der Waals surface area contributed by atoms with Crippen molar-refractivity contribution in [3.63, 3.8) is 0 Å². The van der Waals surface area contributed by atoms with Crippen molar-refractivity contribution in [2.45, 2.75) is 27.4 Å². The molecule has 0 aliphatic rings. The van der Waals surface area contributed by atoms with Crippen LogP contribution in [0.2, 0.25) is 0 Å². The van der Waals surface area contributed by atoms with E-state index in [2.05, 4.69) is 10.5 Å². The number of aliphatic hydroxyl groups excluding tert-OH is 1. The number of nitrogens with zero attached hydrogens (tertiary/aromatic N) is 3. The topological polar surface area (TPSA) is 131 Å². The molecule has 0 bridgehead atoms. The van der Waals surface area contributed by atoms with Crippen LogP contribution in [0.25, 0.3) is 0 Å². The molecule has 136 valence electrons. The number of anilines is 1. The highest BCUT2D eigenvalue weighted by molar-refractivity contribution is 5.85. The summed E-state index contributed by atoms with van der Waals surface area (Å²) in [5.41, 5.74) is 6.17. The van der Waals surface area contributed by atoms with Gasteiger partial charge < -0.3 is 5.11 Å². The number of nitrogens with one attached hydrogen (secondary N) is 1. The molecule has 9 nitrogen and oxygen atoms in total. The summed E-state index contributed by atoms with van der Waals surface area (Å²) in [4.78, 5) is 20.5. The van der Waals surface area contributed by atoms with Crippen molar-refractivity contribution in [2.75, 3.05) is 5.43 Å². The summed E-state index contributed by atoms with van der Waals surface area (Å²) in [6, 6.07) is 5.21. The molecule has 0 fully saturated rings. The molecular weight excluding hydrogens is 340 g/mol. The number of non-ortho nitro benzene ring substituents is 1. The fourth-order valence-corrected chi connectivity index (χ4v) is 2.73. The van der Waals surface area contributed by atoms with E-state index in [9.17, 15) is 25.3 Å². The zero-order valence-electron chi connectivity index (χ0n) is 14.5. The molecule has 0 saturated heterocycles. The maximum atomic E-state index is 11.1. The summed E-state index contributed by atoms with van der Waals surface area (Å²) in [5.74, 6) is 0. The Labute approximate surface area is 149 Å². The Kier molecular flexibility index (Phi) is 5.63. The summed E-state index contributed by atoms with van der Waals surface area (Å²) in [5, 5.41) is 35.4. The van der Waals surface area contributed by atoms with Gasteiger partial charge in [0.1, 0.15) is 5.69 Å². The lowest BCUT2D eigenvalue weighted by Crippen LogP contribution is -2.03. The van der Waals surface area contributed by atoms with Crippen molar-refractivity contribution >= 4 is 23.3 Å². The molecule has 2 rings (SSSR count). The normalized spacial score (nSPS) is 10.9. The van der Waals surface area contributed by atoms with E-state index in [1.807, 2.05) is 26.8 Å². The van der Waals surface area contributed by atoms with E-state index in [0.29, 0.717) is 0 Å². The van der Waals surface area contributed by atoms with Gasteiger partial charge in [-0.15, -0.1) is 0 Å². The average molecular weight is 358 g/mol. The van der Waals surface area contributed by atoms with Gasteiger partial charge in [0, 0.05) is 11.6 Å². The van der Waals surface area contributed by atoms with Gasteiger partial charge in [0.05, 0.1) is 28.7 Å². The molecule has 0 heterocycles. The first kappa shape index (κ1) is 19.0. The summed E-state index contributed by atoms with van der Waals surface area (Å²) >= 11 is 0. The van der Waals surface area contributed by atoms with Crippen LogP contribution < -0.4 is 5.43 Å². The number of rotatable bonds is 6. The largest absolute Gasteiger partial charge is 0.392 e. The van der Waals surface area contributed by atoms with Gasteiger partial charge in [-0.25, -0.2) is 0 Å². The molecule has 0 radical (unpaired) electrons. The number of aliphatic hydroxyl groups is 1. The predicted octanol–water partition coefficient (Wildman–Crippen LogP) is 3.37. The molecule has 0 saturated carbocycles. The van der Waals surface area contributed by atoms with E-state index in [4.69, 9.17) is 0 Å². The van der Waals surface area contributed by atoms with Crippen LogP contribution in [0.5, 0.6) is 0 Å². The number of hydrazone groups is 1. The fourth-order valence-electron chi connectivity index (χ4n) is 2.73. The van der Waals surface area contributed by atoms with Gasteiger partial charge >= 0.3 is 5.69 Å². The van der Waals surface area contributed by atoms with Gasteiger partial charge in [-0.2, -0.15) is 5.10 Å². The number of hydrogen-bond acceptors (Lipinski definition) is 7. The molecule has 0 aliphatic carbocycles. The molecule has 9 heteroatoms. The SMILES string of the molecule is Cc1cc(C)c(CO)c(C)c1/C=N\Nc1ccc([N+](=O)[O-])cc1[N+](=O)[O-]. The smallest absolute Gasteiger partial charge is 0.301 e. The number of nitro groups is 2. The van der Waals surface area contributed by atoms with Gasteiger partial charge in [-0.05, 0) is 49.1 Å². The van der Waals surface area contributed by atoms with Gasteiger partial charge in [0.2, 0.25) is 0 Å². The van der Waals surface area contributed by atoms with Crippen LogP contribution in [-0.2, 0) is 6.61 Å². The molecule has 2 N–H and O–H groups in total. The molecule has 0 aliphatic heterocycles. The Hall–Kier alpha value is -3.33. The summed E-state index contributed by atoms with van der Waals surface area (Å²) in [7, 11) is 0. The molecule has 2 aromatic rings. The quantitative estimate of drug-likeness (QED) is 0.462. The molecule has 2 aromatic carbocycles. The van der Waals surface area contributed by atoms with E-state index in [1.165, 1.54) is 12.3 Å². The summed E-state index contributed by atoms with van der Waals surface area (Å²) in [6.45, 7) is 5.57. The lowest BCUT2D eigenvalue weighted by Gasteiger charge is -2.13. The minimum Gasteiger partial charge on any atom is -0.392 e. The van der Waals surface area contributed by atoms with Crippen LogP contribution in [0.3, 0.4) is 0 Å². The van der Waals surface area contributed by atoms with Crippen LogP contribution in [-0.4, -0.2) is 21.2 Å². The molecule has 0 atom stereocenters. The third-order valence-electron chi connectivity index (χ3n) is 4.12. The van der Waals surface area contributed by atoms with E-state index in [-0.39, 0.29) is 18.0 Å². The van der Waals surface area contributed by atoms with Gasteiger partial charge in [-0.1, -0.05) is 6.07 Å². The second kappa shape index (κ2) is 7.70. The molecule has 0 amide bonds. The van der Waals surface area contributed by atoms with Gasteiger partial charge in [-0.3, -0.25) is 25.7 Å². The first-order valence-electron chi connectivity index (χ1n) is 7.68. The van der Waals surface area contributed by atoms with Crippen molar-refractivity contribution in [2.24, 2.45) is 5.10 Å². The maximum absolute atomic E-state index is 11.1. The Bertz CT molecular complexity index is 909. The zero-order chi connectivity index (χ0) is 19.4. The Morgan fingerprint density at radius 1 is 1.12 bits per heavy atom. The van der Waals surface area contributed by atoms with Crippen molar-refractivity contribution in [1.29, 1.82) is 0 Å². The van der Waals surface area contributed by atoms with Gasteiger partial charge in [0.25, 0.3) is 5.69 Å². The first-order valence-corrected chi connectivity index (χ1v) is 7.68. The minimum atomic E-state index is -0.711. The molecule has 0 unspecified atom stereocenters. The Morgan fingerprint density at radius 2 is 1.81 bits per heavy atom. The maximum Gasteiger partial charge on any atom is 0.301 e. The highest BCUT2D eigenvalue weighted by Crippen LogP contribution is 2.29. The van der Waals surface area contributed by atoms with E-state index < -0.39 is 15.5 Å². The molecule has 26 heavy (non-hydrogen) atoms. The van der Waals surface area contributed by atoms with Crippen molar-refractivity contribution in [3.8, 4) is 0 Å². The second-order valence-corrected chi connectivity index (χ2v) is 5.77. The standard InChI is InChI=1S/C17H18N4O5/c1-10-6-11(2)15(9-22)12(3)14(10)8-18-19-16-5-4-13(20(23)24)7-17(16)21(25)26/h4-8,19,22H,9H2,1-3H3/b18-8-. The number of benzene rings is 2. The minimum absolute atomic E-state index is 0.0432. The Morgan fingerprint density at radius 3 is 2.38 bits per heavy atom. The second-order valence-electron chi connectivity index (χ2n) is 5.77. The van der Waals surface area contributed by atoms with E-state index in [1.54, 1.807) is 0 Å². The van der Waals surface area contributed by atoms with Crippen LogP contribution in [0.4, 0.5) is 17.1 Å².